The number of hydrogen-bond donors (Lipinski definition) is 1. The summed E-state index contributed by atoms with van der Waals surface area (Å²) in [4.78, 5) is 13.4. The Kier molecular flexibility index (Phi) is 7.48. The predicted molar refractivity (Wildman–Crippen MR) is 60.3 cm³/mol. The third kappa shape index (κ3) is 5.97. The lowest BCUT2D eigenvalue weighted by Gasteiger charge is -2.19. The monoisotopic (exact) mass is 200 g/mol. The summed E-state index contributed by atoms with van der Waals surface area (Å²) in [5.74, 6) is 0.783. The van der Waals surface area contributed by atoms with Crippen LogP contribution in [-0.2, 0) is 4.79 Å². The highest BCUT2D eigenvalue weighted by atomic mass is 16.2. The maximum atomic E-state index is 11.6. The molecule has 1 unspecified atom stereocenters. The molecule has 0 heterocycles. The number of rotatable bonds is 7. The van der Waals surface area contributed by atoms with Gasteiger partial charge in [-0.3, -0.25) is 4.79 Å². The number of carbonyl (C=O) groups excluding carboxylic acids is 1. The maximum Gasteiger partial charge on any atom is 0.222 e. The summed E-state index contributed by atoms with van der Waals surface area (Å²) in [7, 11) is 3.77. The van der Waals surface area contributed by atoms with Gasteiger partial charge in [0.2, 0.25) is 5.91 Å². The molecule has 0 bridgehead atoms. The molecule has 14 heavy (non-hydrogen) atoms. The average molecular weight is 200 g/mol. The Labute approximate surface area is 87.9 Å². The summed E-state index contributed by atoms with van der Waals surface area (Å²) < 4.78 is 0. The molecule has 84 valence electrons. The highest BCUT2D eigenvalue weighted by Gasteiger charge is 2.11. The minimum absolute atomic E-state index is 0.265. The van der Waals surface area contributed by atoms with Crippen LogP contribution in [0.25, 0.3) is 0 Å². The van der Waals surface area contributed by atoms with Gasteiger partial charge in [0.15, 0.2) is 0 Å². The molecule has 0 aliphatic rings. The van der Waals surface area contributed by atoms with Crippen molar-refractivity contribution in [3.05, 3.63) is 0 Å². The van der Waals surface area contributed by atoms with Gasteiger partial charge in [0.05, 0.1) is 0 Å². The summed E-state index contributed by atoms with van der Waals surface area (Å²) in [5, 5.41) is 3.04. The van der Waals surface area contributed by atoms with Crippen LogP contribution in [0.1, 0.15) is 33.1 Å². The number of likely N-dealkylation sites (N-methyl/N-ethyl adjacent to an activating group) is 2. The zero-order valence-corrected chi connectivity index (χ0v) is 9.97. The number of nitrogens with zero attached hydrogens (tertiary/aromatic N) is 1. The zero-order valence-electron chi connectivity index (χ0n) is 9.97. The van der Waals surface area contributed by atoms with Crippen molar-refractivity contribution in [2.45, 2.75) is 33.1 Å². The summed E-state index contributed by atoms with van der Waals surface area (Å²) in [6.07, 6.45) is 2.99. The standard InChI is InChI=1S/C11H24N2O/c1-5-6-10(2)9-11(14)13(4)8-7-12-3/h10,12H,5-9H2,1-4H3. The van der Waals surface area contributed by atoms with E-state index in [1.165, 1.54) is 0 Å². The van der Waals surface area contributed by atoms with Gasteiger partial charge in [-0.25, -0.2) is 0 Å². The molecule has 3 nitrogen and oxygen atoms in total. The van der Waals surface area contributed by atoms with Crippen LogP contribution in [0.2, 0.25) is 0 Å². The van der Waals surface area contributed by atoms with Gasteiger partial charge in [0.1, 0.15) is 0 Å². The summed E-state index contributed by atoms with van der Waals surface area (Å²) >= 11 is 0. The minimum atomic E-state index is 0.265. The molecule has 3 heteroatoms. The molecule has 0 spiro atoms. The van der Waals surface area contributed by atoms with Gasteiger partial charge >= 0.3 is 0 Å². The number of amides is 1. The van der Waals surface area contributed by atoms with Crippen molar-refractivity contribution in [3.63, 3.8) is 0 Å². The number of hydrogen-bond acceptors (Lipinski definition) is 2. The van der Waals surface area contributed by atoms with Crippen molar-refractivity contribution in [2.75, 3.05) is 27.2 Å². The summed E-state index contributed by atoms with van der Waals surface area (Å²) in [5.41, 5.74) is 0. The first kappa shape index (κ1) is 13.4. The van der Waals surface area contributed by atoms with E-state index >= 15 is 0 Å². The maximum absolute atomic E-state index is 11.6. The Morgan fingerprint density at radius 1 is 1.50 bits per heavy atom. The molecule has 1 N–H and O–H groups in total. The van der Waals surface area contributed by atoms with E-state index in [9.17, 15) is 4.79 Å². The van der Waals surface area contributed by atoms with Gasteiger partial charge in [-0.1, -0.05) is 26.7 Å². The van der Waals surface area contributed by atoms with E-state index in [0.717, 1.165) is 25.9 Å². The Bertz CT molecular complexity index is 159. The van der Waals surface area contributed by atoms with Gasteiger partial charge in [0.25, 0.3) is 0 Å². The van der Waals surface area contributed by atoms with E-state index < -0.39 is 0 Å². The second-order valence-electron chi connectivity index (χ2n) is 4.02. The molecule has 0 aliphatic heterocycles. The Hall–Kier alpha value is -0.570. The van der Waals surface area contributed by atoms with Crippen molar-refractivity contribution in [2.24, 2.45) is 5.92 Å². The van der Waals surface area contributed by atoms with Crippen molar-refractivity contribution in [3.8, 4) is 0 Å². The zero-order chi connectivity index (χ0) is 11.0. The Balaban J connectivity index is 3.71. The molecule has 0 saturated heterocycles. The lowest BCUT2D eigenvalue weighted by molar-refractivity contribution is -0.130. The first-order valence-corrected chi connectivity index (χ1v) is 5.50. The van der Waals surface area contributed by atoms with E-state index in [4.69, 9.17) is 0 Å². The Morgan fingerprint density at radius 3 is 2.64 bits per heavy atom. The van der Waals surface area contributed by atoms with E-state index in [2.05, 4.69) is 19.2 Å². The molecule has 0 fully saturated rings. The second-order valence-corrected chi connectivity index (χ2v) is 4.02. The fourth-order valence-electron chi connectivity index (χ4n) is 1.45. The third-order valence-corrected chi connectivity index (χ3v) is 2.43. The van der Waals surface area contributed by atoms with E-state index in [1.54, 1.807) is 0 Å². The van der Waals surface area contributed by atoms with Crippen LogP contribution >= 0.6 is 0 Å². The second kappa shape index (κ2) is 7.80. The molecule has 0 aromatic carbocycles. The van der Waals surface area contributed by atoms with Gasteiger partial charge < -0.3 is 10.2 Å². The molecule has 0 aromatic heterocycles. The normalized spacial score (nSPS) is 12.6. The molecule has 0 radical (unpaired) electrons. The topological polar surface area (TPSA) is 32.3 Å². The van der Waals surface area contributed by atoms with E-state index in [0.29, 0.717) is 12.3 Å². The lowest BCUT2D eigenvalue weighted by Crippen LogP contribution is -2.33. The number of nitrogens with one attached hydrogen (secondary N) is 1. The molecule has 1 amide bonds. The summed E-state index contributed by atoms with van der Waals surface area (Å²) in [6.45, 7) is 5.97. The van der Waals surface area contributed by atoms with Crippen LogP contribution in [-0.4, -0.2) is 38.0 Å². The van der Waals surface area contributed by atoms with Gasteiger partial charge in [0, 0.05) is 26.6 Å². The predicted octanol–water partition coefficient (Wildman–Crippen LogP) is 1.49. The van der Waals surface area contributed by atoms with Crippen molar-refractivity contribution in [1.29, 1.82) is 0 Å². The molecule has 0 aliphatic carbocycles. The van der Waals surface area contributed by atoms with Crippen LogP contribution < -0.4 is 5.32 Å². The third-order valence-electron chi connectivity index (χ3n) is 2.43. The fourth-order valence-corrected chi connectivity index (χ4v) is 1.45. The van der Waals surface area contributed by atoms with Crippen LogP contribution in [0.3, 0.4) is 0 Å². The van der Waals surface area contributed by atoms with Gasteiger partial charge in [-0.05, 0) is 13.0 Å². The van der Waals surface area contributed by atoms with Crippen LogP contribution in [0, 0.1) is 5.92 Å². The molecule has 0 saturated carbocycles. The SMILES string of the molecule is CCCC(C)CC(=O)N(C)CCNC. The van der Waals surface area contributed by atoms with Crippen LogP contribution in [0.5, 0.6) is 0 Å². The smallest absolute Gasteiger partial charge is 0.222 e. The highest BCUT2D eigenvalue weighted by Crippen LogP contribution is 2.10. The van der Waals surface area contributed by atoms with E-state index in [1.807, 2.05) is 19.0 Å². The van der Waals surface area contributed by atoms with Crippen molar-refractivity contribution < 1.29 is 4.79 Å². The average Bonchev–Trinajstić information content (AvgIpc) is 2.14. The lowest BCUT2D eigenvalue weighted by atomic mass is 10.0. The molecule has 0 rings (SSSR count). The summed E-state index contributed by atoms with van der Waals surface area (Å²) in [6, 6.07) is 0. The molecular formula is C11H24N2O. The molecule has 0 aromatic rings. The highest BCUT2D eigenvalue weighted by molar-refractivity contribution is 5.76. The largest absolute Gasteiger partial charge is 0.344 e. The van der Waals surface area contributed by atoms with Crippen molar-refractivity contribution in [1.82, 2.24) is 10.2 Å². The van der Waals surface area contributed by atoms with Crippen molar-refractivity contribution >= 4 is 5.91 Å². The van der Waals surface area contributed by atoms with Crippen LogP contribution in [0.4, 0.5) is 0 Å². The minimum Gasteiger partial charge on any atom is -0.344 e. The fraction of sp³-hybridized carbons (Fsp3) is 0.909. The first-order chi connectivity index (χ1) is 6.61. The quantitative estimate of drug-likeness (QED) is 0.675. The van der Waals surface area contributed by atoms with Crippen LogP contribution in [0.15, 0.2) is 0 Å². The van der Waals surface area contributed by atoms with E-state index in [-0.39, 0.29) is 5.91 Å². The van der Waals surface area contributed by atoms with Gasteiger partial charge in [-0.2, -0.15) is 0 Å². The Morgan fingerprint density at radius 2 is 2.14 bits per heavy atom. The van der Waals surface area contributed by atoms with Gasteiger partial charge in [-0.15, -0.1) is 0 Å². The first-order valence-electron chi connectivity index (χ1n) is 5.50. The molecular weight excluding hydrogens is 176 g/mol. The molecule has 1 atom stereocenters. The number of carbonyl (C=O) groups is 1.